The number of carbonyl (C=O) groups excluding carboxylic acids is 1. The van der Waals surface area contributed by atoms with Gasteiger partial charge in [-0.3, -0.25) is 9.69 Å². The Morgan fingerprint density at radius 1 is 0.897 bits per heavy atom. The standard InChI is InChI=1S/C26H44N2O/c1-18-4-6-20-19(16-18)5-7-22-21(20)10-11-26(2)23(22)8-9-24(26)25(29)17-28-14-12-27(3)13-15-28/h18-24H,4-17H2,1-3H3. The smallest absolute Gasteiger partial charge is 0.150 e. The van der Waals surface area contributed by atoms with Crippen LogP contribution in [0.15, 0.2) is 0 Å². The first-order valence-electron chi connectivity index (χ1n) is 12.9. The Hall–Kier alpha value is -0.410. The third-order valence-electron chi connectivity index (χ3n) is 10.6. The van der Waals surface area contributed by atoms with Crippen LogP contribution in [0.1, 0.15) is 71.6 Å². The molecule has 4 saturated carbocycles. The fourth-order valence-electron chi connectivity index (χ4n) is 8.95. The van der Waals surface area contributed by atoms with Gasteiger partial charge in [0.1, 0.15) is 5.78 Å². The van der Waals surface area contributed by atoms with Crippen LogP contribution in [-0.4, -0.2) is 55.4 Å². The quantitative estimate of drug-likeness (QED) is 0.685. The first kappa shape index (κ1) is 20.5. The molecule has 5 aliphatic rings. The largest absolute Gasteiger partial charge is 0.304 e. The van der Waals surface area contributed by atoms with Crippen LogP contribution < -0.4 is 0 Å². The lowest BCUT2D eigenvalue weighted by atomic mass is 9.49. The number of ketones is 1. The lowest BCUT2D eigenvalue weighted by Gasteiger charge is -2.56. The minimum atomic E-state index is 0.305. The summed E-state index contributed by atoms with van der Waals surface area (Å²) < 4.78 is 0. The van der Waals surface area contributed by atoms with E-state index in [-0.39, 0.29) is 0 Å². The van der Waals surface area contributed by atoms with Gasteiger partial charge in [0.05, 0.1) is 6.54 Å². The third-order valence-corrected chi connectivity index (χ3v) is 10.6. The molecule has 8 unspecified atom stereocenters. The van der Waals surface area contributed by atoms with E-state index in [9.17, 15) is 4.79 Å². The van der Waals surface area contributed by atoms with Crippen LogP contribution in [0.2, 0.25) is 0 Å². The summed E-state index contributed by atoms with van der Waals surface area (Å²) in [6, 6.07) is 0. The van der Waals surface area contributed by atoms with Crippen molar-refractivity contribution in [1.82, 2.24) is 9.80 Å². The number of Topliss-reactive ketones (excluding diaryl/α,β-unsaturated/α-hetero) is 1. The first-order valence-corrected chi connectivity index (χ1v) is 12.9. The number of fused-ring (bicyclic) bond motifs is 5. The van der Waals surface area contributed by atoms with Crippen LogP contribution in [0, 0.1) is 46.8 Å². The van der Waals surface area contributed by atoms with Gasteiger partial charge in [0, 0.05) is 32.1 Å². The van der Waals surface area contributed by atoms with Gasteiger partial charge in [0.15, 0.2) is 0 Å². The molecule has 29 heavy (non-hydrogen) atoms. The number of carbonyl (C=O) groups is 1. The van der Waals surface area contributed by atoms with E-state index in [1.54, 1.807) is 0 Å². The fraction of sp³-hybridized carbons (Fsp3) is 0.962. The topological polar surface area (TPSA) is 23.6 Å². The molecule has 1 saturated heterocycles. The van der Waals surface area contributed by atoms with Gasteiger partial charge in [-0.2, -0.15) is 0 Å². The van der Waals surface area contributed by atoms with Gasteiger partial charge in [-0.1, -0.05) is 20.3 Å². The zero-order chi connectivity index (χ0) is 20.2. The van der Waals surface area contributed by atoms with E-state index in [1.165, 1.54) is 57.8 Å². The van der Waals surface area contributed by atoms with E-state index in [0.717, 1.165) is 68.2 Å². The molecule has 0 N–H and O–H groups in total. The van der Waals surface area contributed by atoms with Crippen molar-refractivity contribution in [2.75, 3.05) is 39.8 Å². The van der Waals surface area contributed by atoms with E-state index >= 15 is 0 Å². The molecule has 1 heterocycles. The zero-order valence-corrected chi connectivity index (χ0v) is 19.2. The summed E-state index contributed by atoms with van der Waals surface area (Å²) in [5.74, 6) is 6.70. The molecule has 0 spiro atoms. The molecule has 164 valence electrons. The lowest BCUT2D eigenvalue weighted by Crippen LogP contribution is -2.51. The molecule has 0 aromatic carbocycles. The van der Waals surface area contributed by atoms with Crippen LogP contribution in [0.25, 0.3) is 0 Å². The molecule has 0 aromatic rings. The maximum atomic E-state index is 13.4. The molecule has 0 aromatic heterocycles. The maximum Gasteiger partial charge on any atom is 0.150 e. The van der Waals surface area contributed by atoms with Crippen molar-refractivity contribution in [1.29, 1.82) is 0 Å². The molecule has 4 aliphatic carbocycles. The summed E-state index contributed by atoms with van der Waals surface area (Å²) in [5.41, 5.74) is 0.305. The van der Waals surface area contributed by atoms with Crippen molar-refractivity contribution in [3.63, 3.8) is 0 Å². The van der Waals surface area contributed by atoms with Gasteiger partial charge in [-0.15, -0.1) is 0 Å². The number of hydrogen-bond donors (Lipinski definition) is 0. The Labute approximate surface area is 179 Å². The second kappa shape index (κ2) is 7.93. The monoisotopic (exact) mass is 400 g/mol. The Morgan fingerprint density at radius 3 is 2.45 bits per heavy atom. The summed E-state index contributed by atoms with van der Waals surface area (Å²) in [5, 5.41) is 0. The Bertz CT molecular complexity index is 612. The number of nitrogens with zero attached hydrogens (tertiary/aromatic N) is 2. The van der Waals surface area contributed by atoms with E-state index in [2.05, 4.69) is 30.7 Å². The number of piperazine rings is 1. The van der Waals surface area contributed by atoms with Crippen molar-refractivity contribution in [3.8, 4) is 0 Å². The Balaban J connectivity index is 1.26. The van der Waals surface area contributed by atoms with Gasteiger partial charge < -0.3 is 4.90 Å². The summed E-state index contributed by atoms with van der Waals surface area (Å²) in [7, 11) is 2.20. The Kier molecular flexibility index (Phi) is 5.60. The molecule has 5 fully saturated rings. The van der Waals surface area contributed by atoms with Crippen LogP contribution in [0.5, 0.6) is 0 Å². The molecular weight excluding hydrogens is 356 g/mol. The molecular formula is C26H44N2O. The van der Waals surface area contributed by atoms with Gasteiger partial charge in [-0.25, -0.2) is 0 Å². The number of rotatable bonds is 3. The van der Waals surface area contributed by atoms with Crippen LogP contribution in [0.3, 0.4) is 0 Å². The number of hydrogen-bond acceptors (Lipinski definition) is 3. The second-order valence-electron chi connectivity index (χ2n) is 12.1. The average Bonchev–Trinajstić information content (AvgIpc) is 3.06. The fourth-order valence-corrected chi connectivity index (χ4v) is 8.95. The van der Waals surface area contributed by atoms with Crippen molar-refractivity contribution in [2.24, 2.45) is 46.8 Å². The van der Waals surface area contributed by atoms with Crippen molar-refractivity contribution < 1.29 is 4.79 Å². The Morgan fingerprint density at radius 2 is 1.66 bits per heavy atom. The third kappa shape index (κ3) is 3.63. The number of likely N-dealkylation sites (N-methyl/N-ethyl adjacent to an activating group) is 1. The highest BCUT2D eigenvalue weighted by Gasteiger charge is 2.58. The van der Waals surface area contributed by atoms with Crippen molar-refractivity contribution in [2.45, 2.75) is 71.6 Å². The van der Waals surface area contributed by atoms with Crippen molar-refractivity contribution in [3.05, 3.63) is 0 Å². The van der Waals surface area contributed by atoms with Crippen LogP contribution >= 0.6 is 0 Å². The maximum absolute atomic E-state index is 13.4. The van der Waals surface area contributed by atoms with E-state index < -0.39 is 0 Å². The highest BCUT2D eigenvalue weighted by atomic mass is 16.1. The van der Waals surface area contributed by atoms with Crippen LogP contribution in [0.4, 0.5) is 0 Å². The second-order valence-corrected chi connectivity index (χ2v) is 12.1. The molecule has 3 heteroatoms. The zero-order valence-electron chi connectivity index (χ0n) is 19.2. The molecule has 1 aliphatic heterocycles. The molecule has 8 atom stereocenters. The highest BCUT2D eigenvalue weighted by molar-refractivity contribution is 5.84. The molecule has 0 bridgehead atoms. The predicted molar refractivity (Wildman–Crippen MR) is 119 cm³/mol. The first-order chi connectivity index (χ1) is 14.0. The minimum Gasteiger partial charge on any atom is -0.304 e. The lowest BCUT2D eigenvalue weighted by molar-refractivity contribution is -0.132. The minimum absolute atomic E-state index is 0.305. The molecule has 3 nitrogen and oxygen atoms in total. The van der Waals surface area contributed by atoms with E-state index in [4.69, 9.17) is 0 Å². The normalized spacial score (nSPS) is 48.6. The summed E-state index contributed by atoms with van der Waals surface area (Å²) in [6.07, 6.45) is 12.7. The van der Waals surface area contributed by atoms with Crippen molar-refractivity contribution >= 4 is 5.78 Å². The predicted octanol–water partition coefficient (Wildman–Crippen LogP) is 4.71. The summed E-state index contributed by atoms with van der Waals surface area (Å²) in [4.78, 5) is 18.2. The van der Waals surface area contributed by atoms with E-state index in [1.807, 2.05) is 0 Å². The summed E-state index contributed by atoms with van der Waals surface area (Å²) >= 11 is 0. The molecule has 0 radical (unpaired) electrons. The SMILES string of the molecule is CC1CCC2C(CCC3C2CCC2(C)C(C(=O)CN4CCN(C)CC4)CCC32)C1. The van der Waals surface area contributed by atoms with Gasteiger partial charge in [0.2, 0.25) is 0 Å². The molecule has 5 rings (SSSR count). The van der Waals surface area contributed by atoms with Crippen LogP contribution in [-0.2, 0) is 4.79 Å². The average molecular weight is 401 g/mol. The van der Waals surface area contributed by atoms with Gasteiger partial charge in [0.25, 0.3) is 0 Å². The molecule has 0 amide bonds. The van der Waals surface area contributed by atoms with Gasteiger partial charge in [-0.05, 0) is 99.3 Å². The highest BCUT2D eigenvalue weighted by Crippen LogP contribution is 2.64. The van der Waals surface area contributed by atoms with E-state index in [0.29, 0.717) is 17.1 Å². The summed E-state index contributed by atoms with van der Waals surface area (Å²) in [6.45, 7) is 10.1. The van der Waals surface area contributed by atoms with Gasteiger partial charge >= 0.3 is 0 Å².